The van der Waals surface area contributed by atoms with Crippen molar-refractivity contribution in [1.29, 1.82) is 0 Å². The predicted molar refractivity (Wildman–Crippen MR) is 65.8 cm³/mol. The van der Waals surface area contributed by atoms with Gasteiger partial charge in [0.2, 0.25) is 0 Å². The van der Waals surface area contributed by atoms with Crippen molar-refractivity contribution in [3.8, 4) is 0 Å². The van der Waals surface area contributed by atoms with Gasteiger partial charge in [0.05, 0.1) is 16.3 Å². The molecule has 104 valence electrons. The molecule has 0 saturated carbocycles. The zero-order chi connectivity index (χ0) is 14.9. The summed E-state index contributed by atoms with van der Waals surface area (Å²) in [5, 5.41) is 11.0. The highest BCUT2D eigenvalue weighted by atomic mass is 35.5. The average Bonchev–Trinajstić information content (AvgIpc) is 2.41. The van der Waals surface area contributed by atoms with Crippen LogP contribution < -0.4 is 5.32 Å². The number of anilines is 2. The van der Waals surface area contributed by atoms with E-state index in [1.165, 1.54) is 0 Å². The summed E-state index contributed by atoms with van der Waals surface area (Å²) in [5.41, 5.74) is -0.535. The van der Waals surface area contributed by atoms with Gasteiger partial charge in [-0.25, -0.2) is 22.9 Å². The fraction of sp³-hybridized carbons (Fsp3) is 0. The van der Waals surface area contributed by atoms with E-state index < -0.39 is 23.4 Å². The minimum Gasteiger partial charge on any atom is -0.478 e. The van der Waals surface area contributed by atoms with Crippen molar-refractivity contribution in [2.45, 2.75) is 0 Å². The molecule has 0 saturated heterocycles. The van der Waals surface area contributed by atoms with Crippen molar-refractivity contribution in [1.82, 2.24) is 4.98 Å². The van der Waals surface area contributed by atoms with Gasteiger partial charge in [-0.3, -0.25) is 0 Å². The Morgan fingerprint density at radius 1 is 1.25 bits per heavy atom. The molecule has 0 aliphatic rings. The van der Waals surface area contributed by atoms with E-state index >= 15 is 0 Å². The van der Waals surface area contributed by atoms with E-state index in [1.54, 1.807) is 0 Å². The molecule has 4 nitrogen and oxygen atoms in total. The van der Waals surface area contributed by atoms with Gasteiger partial charge in [-0.2, -0.15) is 0 Å². The summed E-state index contributed by atoms with van der Waals surface area (Å²) in [6.45, 7) is 0. The molecule has 0 fully saturated rings. The first-order valence-corrected chi connectivity index (χ1v) is 5.57. The summed E-state index contributed by atoms with van der Waals surface area (Å²) >= 11 is 5.77. The van der Waals surface area contributed by atoms with Crippen LogP contribution >= 0.6 is 11.6 Å². The van der Waals surface area contributed by atoms with E-state index in [-0.39, 0.29) is 22.1 Å². The number of rotatable bonds is 3. The Labute approximate surface area is 115 Å². The fourth-order valence-electron chi connectivity index (χ4n) is 1.40. The number of nitrogens with zero attached hydrogens (tertiary/aromatic N) is 1. The van der Waals surface area contributed by atoms with Crippen LogP contribution in [0.4, 0.5) is 24.7 Å². The Morgan fingerprint density at radius 2 is 1.95 bits per heavy atom. The third kappa shape index (κ3) is 2.67. The lowest BCUT2D eigenvalue weighted by molar-refractivity contribution is 0.0696. The van der Waals surface area contributed by atoms with Crippen LogP contribution in [0.1, 0.15) is 10.4 Å². The van der Waals surface area contributed by atoms with Crippen LogP contribution in [0.3, 0.4) is 0 Å². The highest BCUT2D eigenvalue weighted by molar-refractivity contribution is 6.33. The van der Waals surface area contributed by atoms with E-state index in [2.05, 4.69) is 10.3 Å². The topological polar surface area (TPSA) is 62.2 Å². The summed E-state index contributed by atoms with van der Waals surface area (Å²) < 4.78 is 39.3. The maximum absolute atomic E-state index is 13.4. The summed E-state index contributed by atoms with van der Waals surface area (Å²) in [4.78, 5) is 14.4. The summed E-state index contributed by atoms with van der Waals surface area (Å²) in [7, 11) is 0. The number of benzene rings is 1. The number of aromatic carboxylic acids is 1. The maximum Gasteiger partial charge on any atom is 0.337 e. The van der Waals surface area contributed by atoms with Crippen LogP contribution in [0.25, 0.3) is 0 Å². The smallest absolute Gasteiger partial charge is 0.337 e. The first-order valence-electron chi connectivity index (χ1n) is 5.19. The normalized spacial score (nSPS) is 10.4. The van der Waals surface area contributed by atoms with E-state index in [4.69, 9.17) is 16.7 Å². The van der Waals surface area contributed by atoms with E-state index in [9.17, 15) is 18.0 Å². The second-order valence-corrected chi connectivity index (χ2v) is 4.11. The lowest BCUT2D eigenvalue weighted by Gasteiger charge is -2.09. The Morgan fingerprint density at radius 3 is 2.55 bits per heavy atom. The molecule has 8 heteroatoms. The molecule has 2 rings (SSSR count). The zero-order valence-corrected chi connectivity index (χ0v) is 10.4. The van der Waals surface area contributed by atoms with Gasteiger partial charge in [-0.15, -0.1) is 0 Å². The molecule has 0 aliphatic carbocycles. The number of hydrogen-bond donors (Lipinski definition) is 2. The molecular formula is C12H6ClF3N2O2. The molecule has 0 aliphatic heterocycles. The number of nitrogens with one attached hydrogen (secondary N) is 1. The van der Waals surface area contributed by atoms with Crippen molar-refractivity contribution >= 4 is 29.1 Å². The van der Waals surface area contributed by atoms with Gasteiger partial charge >= 0.3 is 5.97 Å². The van der Waals surface area contributed by atoms with Gasteiger partial charge in [-0.1, -0.05) is 11.6 Å². The van der Waals surface area contributed by atoms with E-state index in [0.29, 0.717) is 0 Å². The van der Waals surface area contributed by atoms with Crippen molar-refractivity contribution in [2.75, 3.05) is 5.32 Å². The SMILES string of the molecule is O=C(O)c1cnc(Nc2ccc(F)c(F)c2F)c(Cl)c1. The number of carboxylic acids is 1. The molecule has 0 amide bonds. The number of pyridine rings is 1. The molecule has 2 aromatic rings. The van der Waals surface area contributed by atoms with Gasteiger partial charge in [0.1, 0.15) is 5.82 Å². The predicted octanol–water partition coefficient (Wildman–Crippen LogP) is 3.59. The van der Waals surface area contributed by atoms with Crippen LogP contribution in [0.5, 0.6) is 0 Å². The van der Waals surface area contributed by atoms with Crippen molar-refractivity contribution in [3.63, 3.8) is 0 Å². The Hall–Kier alpha value is -2.28. The molecule has 0 spiro atoms. The zero-order valence-electron chi connectivity index (χ0n) is 9.62. The van der Waals surface area contributed by atoms with Gasteiger partial charge in [0.25, 0.3) is 0 Å². The Balaban J connectivity index is 2.36. The molecule has 1 aromatic carbocycles. The van der Waals surface area contributed by atoms with Crippen LogP contribution in [-0.2, 0) is 0 Å². The molecule has 20 heavy (non-hydrogen) atoms. The van der Waals surface area contributed by atoms with Crippen LogP contribution in [0.2, 0.25) is 5.02 Å². The number of aromatic nitrogens is 1. The van der Waals surface area contributed by atoms with E-state index in [0.717, 1.165) is 24.4 Å². The van der Waals surface area contributed by atoms with Gasteiger partial charge < -0.3 is 10.4 Å². The number of carbonyl (C=O) groups is 1. The van der Waals surface area contributed by atoms with Crippen molar-refractivity contribution < 1.29 is 23.1 Å². The average molecular weight is 303 g/mol. The molecule has 2 N–H and O–H groups in total. The Bertz CT molecular complexity index is 695. The van der Waals surface area contributed by atoms with E-state index in [1.807, 2.05) is 0 Å². The summed E-state index contributed by atoms with van der Waals surface area (Å²) in [5.74, 6) is -5.70. The van der Waals surface area contributed by atoms with Crippen molar-refractivity contribution in [2.24, 2.45) is 0 Å². The van der Waals surface area contributed by atoms with Crippen LogP contribution in [-0.4, -0.2) is 16.1 Å². The summed E-state index contributed by atoms with van der Waals surface area (Å²) in [6, 6.07) is 2.80. The molecule has 0 unspecified atom stereocenters. The molecular weight excluding hydrogens is 297 g/mol. The van der Waals surface area contributed by atoms with Crippen LogP contribution in [0.15, 0.2) is 24.4 Å². The highest BCUT2D eigenvalue weighted by Crippen LogP contribution is 2.27. The van der Waals surface area contributed by atoms with Crippen LogP contribution in [0, 0.1) is 17.5 Å². The van der Waals surface area contributed by atoms with Crippen molar-refractivity contribution in [3.05, 3.63) is 52.4 Å². The van der Waals surface area contributed by atoms with Gasteiger partial charge in [0.15, 0.2) is 17.5 Å². The first kappa shape index (κ1) is 14.1. The second kappa shape index (κ2) is 5.38. The number of hydrogen-bond acceptors (Lipinski definition) is 3. The molecule has 0 radical (unpaired) electrons. The number of carboxylic acid groups (broad SMARTS) is 1. The van der Waals surface area contributed by atoms with Gasteiger partial charge in [0, 0.05) is 6.20 Å². The lowest BCUT2D eigenvalue weighted by Crippen LogP contribution is -2.03. The highest BCUT2D eigenvalue weighted by Gasteiger charge is 2.15. The lowest BCUT2D eigenvalue weighted by atomic mass is 10.2. The molecule has 1 heterocycles. The quantitative estimate of drug-likeness (QED) is 0.851. The molecule has 1 aromatic heterocycles. The first-order chi connectivity index (χ1) is 9.40. The third-order valence-corrected chi connectivity index (χ3v) is 2.66. The monoisotopic (exact) mass is 302 g/mol. The minimum absolute atomic E-state index is 0.0819. The standard InChI is InChI=1S/C12H6ClF3N2O2/c13-6-3-5(12(19)20)4-17-11(6)18-8-2-1-7(14)9(15)10(8)16/h1-4H,(H,17,18)(H,19,20). The molecule has 0 atom stereocenters. The summed E-state index contributed by atoms with van der Waals surface area (Å²) in [6.07, 6.45) is 0.994. The second-order valence-electron chi connectivity index (χ2n) is 3.71. The minimum atomic E-state index is -1.63. The maximum atomic E-state index is 13.4. The fourth-order valence-corrected chi connectivity index (χ4v) is 1.61. The third-order valence-electron chi connectivity index (χ3n) is 2.38. The number of halogens is 4. The van der Waals surface area contributed by atoms with Gasteiger partial charge in [-0.05, 0) is 18.2 Å². The Kier molecular flexibility index (Phi) is 3.80. The largest absolute Gasteiger partial charge is 0.478 e. The molecule has 0 bridgehead atoms.